The highest BCUT2D eigenvalue weighted by molar-refractivity contribution is 5.87. The highest BCUT2D eigenvalue weighted by atomic mass is 16.5. The quantitative estimate of drug-likeness (QED) is 0.808. The molecule has 2 heterocycles. The molecular weight excluding hydrogens is 288 g/mol. The average molecular weight is 312 g/mol. The molecule has 0 aromatic rings. The minimum absolute atomic E-state index is 0.0187. The van der Waals surface area contributed by atoms with Crippen molar-refractivity contribution < 1.29 is 24.2 Å². The number of carboxylic acid groups (broad SMARTS) is 1. The second-order valence-corrected chi connectivity index (χ2v) is 6.20. The number of rotatable bonds is 4. The van der Waals surface area contributed by atoms with E-state index in [1.165, 1.54) is 4.90 Å². The van der Waals surface area contributed by atoms with Gasteiger partial charge in [-0.2, -0.15) is 0 Å². The fourth-order valence-corrected chi connectivity index (χ4v) is 2.99. The van der Waals surface area contributed by atoms with Crippen LogP contribution in [0.2, 0.25) is 0 Å². The molecule has 2 aliphatic rings. The van der Waals surface area contributed by atoms with Crippen LogP contribution in [0.25, 0.3) is 0 Å². The van der Waals surface area contributed by atoms with E-state index in [0.29, 0.717) is 32.4 Å². The van der Waals surface area contributed by atoms with Crippen LogP contribution >= 0.6 is 0 Å². The molecule has 0 radical (unpaired) electrons. The smallest absolute Gasteiger partial charge is 0.306 e. The molecule has 0 bridgehead atoms. The van der Waals surface area contributed by atoms with Crippen LogP contribution in [0.5, 0.6) is 0 Å². The number of carbonyl (C=O) groups excluding carboxylic acids is 2. The summed E-state index contributed by atoms with van der Waals surface area (Å²) in [6.07, 6.45) is 2.16. The molecule has 2 fully saturated rings. The SMILES string of the molecule is CC1CCC(C(=O)N(C)CC(=O)N2CCC(C(=O)O)CC2)O1. The molecule has 2 unspecified atom stereocenters. The van der Waals surface area contributed by atoms with Crippen LogP contribution in [0.3, 0.4) is 0 Å². The number of hydrogen-bond acceptors (Lipinski definition) is 4. The Labute approximate surface area is 130 Å². The average Bonchev–Trinajstić information content (AvgIpc) is 2.92. The summed E-state index contributed by atoms with van der Waals surface area (Å²) in [6.45, 7) is 2.83. The Kier molecular flexibility index (Phi) is 5.39. The molecule has 124 valence electrons. The maximum atomic E-state index is 12.2. The van der Waals surface area contributed by atoms with Crippen LogP contribution in [0, 0.1) is 5.92 Å². The van der Waals surface area contributed by atoms with Gasteiger partial charge in [0.1, 0.15) is 6.10 Å². The summed E-state index contributed by atoms with van der Waals surface area (Å²) in [6, 6.07) is 0. The van der Waals surface area contributed by atoms with Gasteiger partial charge in [-0.05, 0) is 32.6 Å². The van der Waals surface area contributed by atoms with E-state index in [-0.39, 0.29) is 30.4 Å². The number of ether oxygens (including phenoxy) is 1. The van der Waals surface area contributed by atoms with Crippen molar-refractivity contribution in [2.45, 2.75) is 44.8 Å². The molecule has 7 heteroatoms. The second kappa shape index (κ2) is 7.09. The Hall–Kier alpha value is -1.63. The number of aliphatic carboxylic acids is 1. The molecular formula is C15H24N2O5. The molecule has 2 aliphatic heterocycles. The predicted octanol–water partition coefficient (Wildman–Crippen LogP) is 0.336. The van der Waals surface area contributed by atoms with Crippen molar-refractivity contribution >= 4 is 17.8 Å². The first-order valence-corrected chi connectivity index (χ1v) is 7.79. The van der Waals surface area contributed by atoms with E-state index in [1.54, 1.807) is 11.9 Å². The fourth-order valence-electron chi connectivity index (χ4n) is 2.99. The third-order valence-corrected chi connectivity index (χ3v) is 4.45. The number of amides is 2. The Morgan fingerprint density at radius 3 is 2.32 bits per heavy atom. The van der Waals surface area contributed by atoms with Crippen LogP contribution < -0.4 is 0 Å². The number of hydrogen-bond donors (Lipinski definition) is 1. The van der Waals surface area contributed by atoms with Crippen LogP contribution in [-0.2, 0) is 19.1 Å². The molecule has 2 saturated heterocycles. The van der Waals surface area contributed by atoms with Crippen molar-refractivity contribution in [3.05, 3.63) is 0 Å². The van der Waals surface area contributed by atoms with Crippen molar-refractivity contribution in [3.8, 4) is 0 Å². The van der Waals surface area contributed by atoms with Gasteiger partial charge in [0.05, 0.1) is 18.6 Å². The van der Waals surface area contributed by atoms with E-state index in [0.717, 1.165) is 6.42 Å². The molecule has 2 atom stereocenters. The number of carbonyl (C=O) groups is 3. The second-order valence-electron chi connectivity index (χ2n) is 6.20. The maximum Gasteiger partial charge on any atom is 0.306 e. The summed E-state index contributed by atoms with van der Waals surface area (Å²) in [5.74, 6) is -1.45. The van der Waals surface area contributed by atoms with Gasteiger partial charge in [-0.3, -0.25) is 14.4 Å². The van der Waals surface area contributed by atoms with Gasteiger partial charge in [0.15, 0.2) is 0 Å². The van der Waals surface area contributed by atoms with Gasteiger partial charge in [0.25, 0.3) is 5.91 Å². The van der Waals surface area contributed by atoms with Crippen LogP contribution in [0.15, 0.2) is 0 Å². The first-order chi connectivity index (χ1) is 10.4. The predicted molar refractivity (Wildman–Crippen MR) is 78.1 cm³/mol. The number of piperidine rings is 1. The molecule has 22 heavy (non-hydrogen) atoms. The normalized spacial score (nSPS) is 26.0. The van der Waals surface area contributed by atoms with Crippen LogP contribution in [-0.4, -0.2) is 71.6 Å². The monoisotopic (exact) mass is 312 g/mol. The lowest BCUT2D eigenvalue weighted by Gasteiger charge is -2.31. The van der Waals surface area contributed by atoms with Gasteiger partial charge in [-0.1, -0.05) is 0 Å². The van der Waals surface area contributed by atoms with E-state index in [9.17, 15) is 14.4 Å². The Morgan fingerprint density at radius 1 is 1.18 bits per heavy atom. The first kappa shape index (κ1) is 16.7. The summed E-state index contributed by atoms with van der Waals surface area (Å²) in [7, 11) is 1.61. The standard InChI is InChI=1S/C15H24N2O5/c1-10-3-4-12(22-10)14(19)16(2)9-13(18)17-7-5-11(6-8-17)15(20)21/h10-12H,3-9H2,1-2H3,(H,20,21). The highest BCUT2D eigenvalue weighted by Crippen LogP contribution is 2.21. The summed E-state index contributed by atoms with van der Waals surface area (Å²) in [5.41, 5.74) is 0. The van der Waals surface area contributed by atoms with Crippen LogP contribution in [0.4, 0.5) is 0 Å². The summed E-state index contributed by atoms with van der Waals surface area (Å²) in [5, 5.41) is 8.95. The van der Waals surface area contributed by atoms with E-state index >= 15 is 0 Å². The first-order valence-electron chi connectivity index (χ1n) is 7.79. The molecule has 0 aromatic heterocycles. The summed E-state index contributed by atoms with van der Waals surface area (Å²) >= 11 is 0. The number of likely N-dealkylation sites (N-methyl/N-ethyl adjacent to an activating group) is 1. The van der Waals surface area contributed by atoms with Gasteiger partial charge in [-0.25, -0.2) is 0 Å². The molecule has 0 aromatic carbocycles. The lowest BCUT2D eigenvalue weighted by molar-refractivity contribution is -0.148. The molecule has 2 amide bonds. The Balaban J connectivity index is 1.79. The van der Waals surface area contributed by atoms with E-state index in [4.69, 9.17) is 9.84 Å². The van der Waals surface area contributed by atoms with Gasteiger partial charge in [0.2, 0.25) is 5.91 Å². The fraction of sp³-hybridized carbons (Fsp3) is 0.800. The van der Waals surface area contributed by atoms with E-state index < -0.39 is 12.1 Å². The summed E-state index contributed by atoms with van der Waals surface area (Å²) in [4.78, 5) is 38.4. The van der Waals surface area contributed by atoms with E-state index in [1.807, 2.05) is 6.92 Å². The molecule has 0 aliphatic carbocycles. The minimum atomic E-state index is -0.799. The van der Waals surface area contributed by atoms with Gasteiger partial charge < -0.3 is 19.6 Å². The van der Waals surface area contributed by atoms with Crippen molar-refractivity contribution in [3.63, 3.8) is 0 Å². The van der Waals surface area contributed by atoms with Gasteiger partial charge in [-0.15, -0.1) is 0 Å². The zero-order chi connectivity index (χ0) is 16.3. The molecule has 2 rings (SSSR count). The minimum Gasteiger partial charge on any atom is -0.481 e. The van der Waals surface area contributed by atoms with Crippen LogP contribution in [0.1, 0.15) is 32.6 Å². The lowest BCUT2D eigenvalue weighted by Crippen LogP contribution is -2.47. The maximum absolute atomic E-state index is 12.2. The third-order valence-electron chi connectivity index (χ3n) is 4.45. The number of likely N-dealkylation sites (tertiary alicyclic amines) is 1. The van der Waals surface area contributed by atoms with Crippen molar-refractivity contribution in [2.75, 3.05) is 26.7 Å². The number of nitrogens with zero attached hydrogens (tertiary/aromatic N) is 2. The molecule has 0 spiro atoms. The van der Waals surface area contributed by atoms with Gasteiger partial charge >= 0.3 is 5.97 Å². The highest BCUT2D eigenvalue weighted by Gasteiger charge is 2.32. The molecule has 1 N–H and O–H groups in total. The Bertz CT molecular complexity index is 445. The molecule has 7 nitrogen and oxygen atoms in total. The van der Waals surface area contributed by atoms with E-state index in [2.05, 4.69) is 0 Å². The van der Waals surface area contributed by atoms with Crippen molar-refractivity contribution in [1.29, 1.82) is 0 Å². The topological polar surface area (TPSA) is 87.2 Å². The summed E-state index contributed by atoms with van der Waals surface area (Å²) < 4.78 is 5.53. The van der Waals surface area contributed by atoms with Crippen molar-refractivity contribution in [2.24, 2.45) is 5.92 Å². The Morgan fingerprint density at radius 2 is 1.82 bits per heavy atom. The lowest BCUT2D eigenvalue weighted by atomic mass is 9.97. The van der Waals surface area contributed by atoms with Gasteiger partial charge in [0, 0.05) is 20.1 Å². The molecule has 0 saturated carbocycles. The zero-order valence-electron chi connectivity index (χ0n) is 13.2. The largest absolute Gasteiger partial charge is 0.481 e. The zero-order valence-corrected chi connectivity index (χ0v) is 13.2. The van der Waals surface area contributed by atoms with Crippen molar-refractivity contribution in [1.82, 2.24) is 9.80 Å². The number of carboxylic acids is 1. The third kappa shape index (κ3) is 3.97.